The predicted octanol–water partition coefficient (Wildman–Crippen LogP) is 4.24. The zero-order chi connectivity index (χ0) is 15.7. The number of hydrogen-bond donors (Lipinski definition) is 1. The van der Waals surface area contributed by atoms with Crippen LogP contribution in [0.4, 0.5) is 5.82 Å². The van der Waals surface area contributed by atoms with Crippen LogP contribution in [0.3, 0.4) is 0 Å². The first-order chi connectivity index (χ1) is 10.2. The summed E-state index contributed by atoms with van der Waals surface area (Å²) in [4.78, 5) is 0. The molecule has 0 aliphatic carbocycles. The standard InChI is InChI=1S/C17H28N4/c1-5-8-9-10-11-13(4)19-17-15(12-18)14(6-2)16(7-3)20-21-17/h13H,5-11H2,1-4H3,(H,19,21). The molecule has 0 radical (unpaired) electrons. The van der Waals surface area contributed by atoms with Gasteiger partial charge in [-0.05, 0) is 31.7 Å². The third-order valence-corrected chi connectivity index (χ3v) is 3.83. The Labute approximate surface area is 129 Å². The molecule has 4 nitrogen and oxygen atoms in total. The molecular weight excluding hydrogens is 260 g/mol. The van der Waals surface area contributed by atoms with E-state index < -0.39 is 0 Å². The lowest BCUT2D eigenvalue weighted by atomic mass is 10.0. The van der Waals surface area contributed by atoms with E-state index in [0.29, 0.717) is 17.4 Å². The number of hydrogen-bond acceptors (Lipinski definition) is 4. The molecule has 4 heteroatoms. The van der Waals surface area contributed by atoms with Crippen molar-refractivity contribution in [3.8, 4) is 6.07 Å². The molecule has 1 rings (SSSR count). The first-order valence-electron chi connectivity index (χ1n) is 8.22. The van der Waals surface area contributed by atoms with Gasteiger partial charge < -0.3 is 5.32 Å². The molecule has 0 amide bonds. The van der Waals surface area contributed by atoms with Crippen LogP contribution in [0.1, 0.15) is 76.6 Å². The van der Waals surface area contributed by atoms with Crippen molar-refractivity contribution in [3.05, 3.63) is 16.8 Å². The summed E-state index contributed by atoms with van der Waals surface area (Å²) in [5.41, 5.74) is 2.65. The highest BCUT2D eigenvalue weighted by molar-refractivity contribution is 5.56. The number of nitrogens with zero attached hydrogens (tertiary/aromatic N) is 3. The molecule has 1 atom stereocenters. The molecule has 0 aliphatic rings. The summed E-state index contributed by atoms with van der Waals surface area (Å²) in [6.07, 6.45) is 7.77. The second kappa shape index (κ2) is 9.33. The van der Waals surface area contributed by atoms with Crippen molar-refractivity contribution in [1.82, 2.24) is 10.2 Å². The van der Waals surface area contributed by atoms with E-state index in [1.807, 2.05) is 6.92 Å². The third-order valence-electron chi connectivity index (χ3n) is 3.83. The summed E-state index contributed by atoms with van der Waals surface area (Å²) in [6, 6.07) is 2.63. The zero-order valence-electron chi connectivity index (χ0n) is 13.9. The van der Waals surface area contributed by atoms with Crippen LogP contribution in [-0.4, -0.2) is 16.2 Å². The molecule has 0 bridgehead atoms. The van der Waals surface area contributed by atoms with Crippen LogP contribution in [-0.2, 0) is 12.8 Å². The average molecular weight is 288 g/mol. The molecule has 0 aromatic carbocycles. The third kappa shape index (κ3) is 5.00. The lowest BCUT2D eigenvalue weighted by molar-refractivity contribution is 0.592. The number of nitriles is 1. The second-order valence-electron chi connectivity index (χ2n) is 5.56. The van der Waals surface area contributed by atoms with Gasteiger partial charge in [0, 0.05) is 6.04 Å². The van der Waals surface area contributed by atoms with Gasteiger partial charge in [0.1, 0.15) is 11.6 Å². The van der Waals surface area contributed by atoms with Gasteiger partial charge >= 0.3 is 0 Å². The van der Waals surface area contributed by atoms with Crippen LogP contribution in [0.2, 0.25) is 0 Å². The molecule has 0 saturated carbocycles. The van der Waals surface area contributed by atoms with Crippen molar-refractivity contribution < 1.29 is 0 Å². The fraction of sp³-hybridized carbons (Fsp3) is 0.706. The number of unbranched alkanes of at least 4 members (excludes halogenated alkanes) is 3. The minimum atomic E-state index is 0.320. The summed E-state index contributed by atoms with van der Waals surface area (Å²) in [5.74, 6) is 0.648. The van der Waals surface area contributed by atoms with Crippen LogP contribution in [0.25, 0.3) is 0 Å². The summed E-state index contributed by atoms with van der Waals surface area (Å²) in [7, 11) is 0. The number of nitrogens with one attached hydrogen (secondary N) is 1. The van der Waals surface area contributed by atoms with Crippen molar-refractivity contribution >= 4 is 5.82 Å². The maximum atomic E-state index is 9.45. The van der Waals surface area contributed by atoms with E-state index in [0.717, 1.165) is 30.5 Å². The highest BCUT2D eigenvalue weighted by atomic mass is 15.2. The minimum absolute atomic E-state index is 0.320. The maximum absolute atomic E-state index is 9.45. The lowest BCUT2D eigenvalue weighted by Gasteiger charge is -2.17. The Morgan fingerprint density at radius 1 is 1.10 bits per heavy atom. The molecular formula is C17H28N4. The molecule has 116 valence electrons. The molecule has 1 aromatic rings. The van der Waals surface area contributed by atoms with E-state index in [2.05, 4.69) is 42.4 Å². The SMILES string of the molecule is CCCCCCC(C)Nc1nnc(CC)c(CC)c1C#N. The molecule has 1 N–H and O–H groups in total. The van der Waals surface area contributed by atoms with Gasteiger partial charge in [0.2, 0.25) is 0 Å². The average Bonchev–Trinajstić information content (AvgIpc) is 2.50. The monoisotopic (exact) mass is 288 g/mol. The number of aryl methyl sites for hydroxylation is 1. The van der Waals surface area contributed by atoms with Crippen molar-refractivity contribution in [3.63, 3.8) is 0 Å². The van der Waals surface area contributed by atoms with Crippen molar-refractivity contribution in [2.45, 2.75) is 78.7 Å². The zero-order valence-corrected chi connectivity index (χ0v) is 13.9. The number of rotatable bonds is 9. The Morgan fingerprint density at radius 3 is 2.43 bits per heavy atom. The highest BCUT2D eigenvalue weighted by Crippen LogP contribution is 2.21. The number of anilines is 1. The van der Waals surface area contributed by atoms with Gasteiger partial charge in [-0.15, -0.1) is 5.10 Å². The molecule has 1 heterocycles. The predicted molar refractivity (Wildman–Crippen MR) is 87.3 cm³/mol. The first-order valence-corrected chi connectivity index (χ1v) is 8.22. The molecule has 1 aromatic heterocycles. The number of aromatic nitrogens is 2. The van der Waals surface area contributed by atoms with Crippen LogP contribution in [0, 0.1) is 11.3 Å². The van der Waals surface area contributed by atoms with E-state index in [4.69, 9.17) is 0 Å². The lowest BCUT2D eigenvalue weighted by Crippen LogP contribution is -2.18. The van der Waals surface area contributed by atoms with Gasteiger partial charge in [0.15, 0.2) is 5.82 Å². The first kappa shape index (κ1) is 17.4. The largest absolute Gasteiger partial charge is 0.365 e. The maximum Gasteiger partial charge on any atom is 0.167 e. The molecule has 0 fully saturated rings. The fourth-order valence-electron chi connectivity index (χ4n) is 2.58. The topological polar surface area (TPSA) is 61.6 Å². The van der Waals surface area contributed by atoms with Crippen LogP contribution < -0.4 is 5.32 Å². The Morgan fingerprint density at radius 2 is 1.86 bits per heavy atom. The molecule has 0 saturated heterocycles. The van der Waals surface area contributed by atoms with Crippen LogP contribution >= 0.6 is 0 Å². The minimum Gasteiger partial charge on any atom is -0.365 e. The van der Waals surface area contributed by atoms with Crippen molar-refractivity contribution in [1.29, 1.82) is 5.26 Å². The van der Waals surface area contributed by atoms with Gasteiger partial charge in [-0.2, -0.15) is 10.4 Å². The van der Waals surface area contributed by atoms with Gasteiger partial charge in [-0.25, -0.2) is 0 Å². The van der Waals surface area contributed by atoms with Crippen LogP contribution in [0.5, 0.6) is 0 Å². The van der Waals surface area contributed by atoms with Gasteiger partial charge in [0.05, 0.1) is 5.69 Å². The Hall–Kier alpha value is -1.63. The Kier molecular flexibility index (Phi) is 7.74. The van der Waals surface area contributed by atoms with Gasteiger partial charge in [-0.3, -0.25) is 0 Å². The van der Waals surface area contributed by atoms with Crippen molar-refractivity contribution in [2.24, 2.45) is 0 Å². The second-order valence-corrected chi connectivity index (χ2v) is 5.56. The fourth-order valence-corrected chi connectivity index (χ4v) is 2.58. The molecule has 1 unspecified atom stereocenters. The van der Waals surface area contributed by atoms with Crippen molar-refractivity contribution in [2.75, 3.05) is 5.32 Å². The Bertz CT molecular complexity index is 476. The van der Waals surface area contributed by atoms with E-state index in [1.54, 1.807) is 0 Å². The van der Waals surface area contributed by atoms with E-state index in [-0.39, 0.29) is 0 Å². The molecule has 0 spiro atoms. The Balaban J connectivity index is 2.77. The summed E-state index contributed by atoms with van der Waals surface area (Å²) < 4.78 is 0. The van der Waals surface area contributed by atoms with E-state index in [9.17, 15) is 5.26 Å². The van der Waals surface area contributed by atoms with E-state index >= 15 is 0 Å². The quantitative estimate of drug-likeness (QED) is 0.690. The highest BCUT2D eigenvalue weighted by Gasteiger charge is 2.15. The normalized spacial score (nSPS) is 12.0. The summed E-state index contributed by atoms with van der Waals surface area (Å²) >= 11 is 0. The van der Waals surface area contributed by atoms with Gasteiger partial charge in [-0.1, -0.05) is 46.5 Å². The molecule has 0 aliphatic heterocycles. The summed E-state index contributed by atoms with van der Waals surface area (Å²) in [5, 5.41) is 21.3. The summed E-state index contributed by atoms with van der Waals surface area (Å²) in [6.45, 7) is 8.48. The van der Waals surface area contributed by atoms with E-state index in [1.165, 1.54) is 25.7 Å². The smallest absolute Gasteiger partial charge is 0.167 e. The van der Waals surface area contributed by atoms with Crippen LogP contribution in [0.15, 0.2) is 0 Å². The van der Waals surface area contributed by atoms with Gasteiger partial charge in [0.25, 0.3) is 0 Å². The molecule has 21 heavy (non-hydrogen) atoms.